The van der Waals surface area contributed by atoms with Gasteiger partial charge in [-0.3, -0.25) is 9.59 Å². The first-order valence-corrected chi connectivity index (χ1v) is 11.0. The van der Waals surface area contributed by atoms with Gasteiger partial charge in [-0.1, -0.05) is 42.8 Å². The highest BCUT2D eigenvalue weighted by atomic mass is 19.2. The number of imidazole rings is 1. The molecular formula is C26H21F2N3O3. The van der Waals surface area contributed by atoms with Gasteiger partial charge in [-0.05, 0) is 36.1 Å². The van der Waals surface area contributed by atoms with Gasteiger partial charge in [-0.15, -0.1) is 0 Å². The van der Waals surface area contributed by atoms with Crippen LogP contribution in [0.1, 0.15) is 29.6 Å². The fraction of sp³-hybridized carbons (Fsp3) is 0.192. The van der Waals surface area contributed by atoms with Crippen molar-refractivity contribution in [2.45, 2.75) is 19.3 Å². The molecule has 0 spiro atoms. The number of fused-ring (bicyclic) bond motifs is 1. The Labute approximate surface area is 193 Å². The van der Waals surface area contributed by atoms with Gasteiger partial charge in [0.15, 0.2) is 17.4 Å². The molecule has 6 nitrogen and oxygen atoms in total. The molecular weight excluding hydrogens is 440 g/mol. The summed E-state index contributed by atoms with van der Waals surface area (Å²) in [7, 11) is 0. The van der Waals surface area contributed by atoms with Gasteiger partial charge in [-0.2, -0.15) is 0 Å². The molecule has 3 aromatic carbocycles. The molecule has 0 unspecified atom stereocenters. The van der Waals surface area contributed by atoms with Gasteiger partial charge in [0.1, 0.15) is 0 Å². The number of anilines is 2. The second kappa shape index (κ2) is 8.70. The minimum Gasteiger partial charge on any atom is -0.481 e. The van der Waals surface area contributed by atoms with E-state index in [1.807, 2.05) is 24.3 Å². The van der Waals surface area contributed by atoms with Crippen LogP contribution in [-0.2, 0) is 4.79 Å². The molecule has 0 bridgehead atoms. The first-order chi connectivity index (χ1) is 16.4. The number of nitrogens with one attached hydrogen (secondary N) is 2. The third-order valence-electron chi connectivity index (χ3n) is 6.35. The maximum absolute atomic E-state index is 13.4. The number of carbonyl (C=O) groups is 2. The molecule has 1 saturated carbocycles. The first kappa shape index (κ1) is 21.8. The zero-order valence-electron chi connectivity index (χ0n) is 18.0. The lowest BCUT2D eigenvalue weighted by Crippen LogP contribution is -2.25. The van der Waals surface area contributed by atoms with Gasteiger partial charge in [0.05, 0.1) is 17.0 Å². The molecule has 1 aliphatic rings. The Morgan fingerprint density at radius 3 is 2.44 bits per heavy atom. The maximum atomic E-state index is 13.4. The highest BCUT2D eigenvalue weighted by Gasteiger charge is 2.38. The van der Waals surface area contributed by atoms with Crippen molar-refractivity contribution in [1.82, 2.24) is 9.97 Å². The lowest BCUT2D eigenvalue weighted by atomic mass is 9.85. The molecule has 34 heavy (non-hydrogen) atoms. The predicted molar refractivity (Wildman–Crippen MR) is 124 cm³/mol. The Hall–Kier alpha value is -4.07. The number of halogens is 2. The van der Waals surface area contributed by atoms with E-state index >= 15 is 0 Å². The van der Waals surface area contributed by atoms with Gasteiger partial charge in [-0.25, -0.2) is 13.8 Å². The molecule has 0 amide bonds. The summed E-state index contributed by atoms with van der Waals surface area (Å²) in [4.78, 5) is 32.0. The van der Waals surface area contributed by atoms with Crippen molar-refractivity contribution in [3.63, 3.8) is 0 Å². The van der Waals surface area contributed by atoms with E-state index in [0.29, 0.717) is 41.1 Å². The van der Waals surface area contributed by atoms with Crippen molar-refractivity contribution in [3.8, 4) is 11.1 Å². The second-order valence-corrected chi connectivity index (χ2v) is 8.46. The van der Waals surface area contributed by atoms with E-state index in [1.165, 1.54) is 0 Å². The molecule has 3 N–H and O–H groups in total. The smallest absolute Gasteiger partial charge is 0.307 e. The molecule has 1 aliphatic carbocycles. The minimum atomic E-state index is -0.963. The van der Waals surface area contributed by atoms with E-state index < -0.39 is 29.4 Å². The van der Waals surface area contributed by atoms with Crippen molar-refractivity contribution >= 4 is 34.4 Å². The summed E-state index contributed by atoms with van der Waals surface area (Å²) >= 11 is 0. The third kappa shape index (κ3) is 4.03. The number of Topliss-reactive ketones (excluding diaryl/α,β-unsaturated/α-hetero) is 1. The minimum absolute atomic E-state index is 0.135. The summed E-state index contributed by atoms with van der Waals surface area (Å²) < 4.78 is 26.9. The number of H-pyrrole nitrogens is 1. The van der Waals surface area contributed by atoms with Crippen LogP contribution in [0.25, 0.3) is 22.2 Å². The van der Waals surface area contributed by atoms with Gasteiger partial charge in [0, 0.05) is 29.3 Å². The number of benzene rings is 3. The second-order valence-electron chi connectivity index (χ2n) is 8.46. The Bertz CT molecular complexity index is 1360. The average Bonchev–Trinajstić information content (AvgIpc) is 3.46. The van der Waals surface area contributed by atoms with Crippen LogP contribution in [0.4, 0.5) is 20.4 Å². The lowest BCUT2D eigenvalue weighted by Gasteiger charge is -2.17. The van der Waals surface area contributed by atoms with E-state index in [2.05, 4.69) is 15.3 Å². The molecule has 0 aliphatic heterocycles. The van der Waals surface area contributed by atoms with Gasteiger partial charge in [0.2, 0.25) is 5.95 Å². The summed E-state index contributed by atoms with van der Waals surface area (Å²) in [5.41, 5.74) is 3.43. The predicted octanol–water partition coefficient (Wildman–Crippen LogP) is 5.94. The lowest BCUT2D eigenvalue weighted by molar-refractivity contribution is -0.142. The van der Waals surface area contributed by atoms with Crippen LogP contribution < -0.4 is 5.32 Å². The van der Waals surface area contributed by atoms with Crippen LogP contribution in [0, 0.1) is 23.5 Å². The fourth-order valence-electron chi connectivity index (χ4n) is 4.65. The zero-order valence-corrected chi connectivity index (χ0v) is 18.0. The van der Waals surface area contributed by atoms with Gasteiger partial charge < -0.3 is 15.4 Å². The molecule has 8 heteroatoms. The molecule has 4 aromatic rings. The summed E-state index contributed by atoms with van der Waals surface area (Å²) in [6, 6.07) is 16.6. The van der Waals surface area contributed by atoms with E-state index in [4.69, 9.17) is 0 Å². The monoisotopic (exact) mass is 461 g/mol. The molecule has 2 atom stereocenters. The summed E-state index contributed by atoms with van der Waals surface area (Å²) in [5.74, 6) is -3.78. The molecule has 172 valence electrons. The Morgan fingerprint density at radius 1 is 0.971 bits per heavy atom. The number of hydrogen-bond donors (Lipinski definition) is 3. The first-order valence-electron chi connectivity index (χ1n) is 11.0. The number of ketones is 1. The average molecular weight is 461 g/mol. The summed E-state index contributed by atoms with van der Waals surface area (Å²) in [6.07, 6.45) is 1.84. The van der Waals surface area contributed by atoms with Crippen molar-refractivity contribution < 1.29 is 23.5 Å². The van der Waals surface area contributed by atoms with Crippen LogP contribution in [-0.4, -0.2) is 26.8 Å². The number of carbonyl (C=O) groups excluding carboxylic acids is 1. The van der Waals surface area contributed by atoms with Crippen LogP contribution in [0.2, 0.25) is 0 Å². The van der Waals surface area contributed by atoms with Crippen LogP contribution in [0.15, 0.2) is 60.7 Å². The zero-order chi connectivity index (χ0) is 23.8. The normalized spacial score (nSPS) is 17.7. The van der Waals surface area contributed by atoms with Crippen molar-refractivity contribution in [2.24, 2.45) is 11.8 Å². The van der Waals surface area contributed by atoms with E-state index in [1.54, 1.807) is 24.3 Å². The number of hydrogen-bond acceptors (Lipinski definition) is 4. The molecule has 1 heterocycles. The molecule has 1 aromatic heterocycles. The standard InChI is InChI=1S/C26H21F2N3O3/c27-20-12-22-23(13-21(20)28)31-26(30-22)29-15-10-8-14(9-11-15)16-4-1-2-5-17(16)24(32)18-6-3-7-19(18)25(33)34/h1-2,4-5,8-13,18-19H,3,6-7H2,(H,33,34)(H2,29,30,31)/t18-,19-/m1/s1. The third-order valence-corrected chi connectivity index (χ3v) is 6.35. The number of rotatable bonds is 6. The highest BCUT2D eigenvalue weighted by Crippen LogP contribution is 2.37. The Balaban J connectivity index is 1.39. The largest absolute Gasteiger partial charge is 0.481 e. The Kier molecular flexibility index (Phi) is 5.57. The molecule has 0 radical (unpaired) electrons. The van der Waals surface area contributed by atoms with Crippen LogP contribution >= 0.6 is 0 Å². The van der Waals surface area contributed by atoms with E-state index in [0.717, 1.165) is 29.7 Å². The topological polar surface area (TPSA) is 95.1 Å². The molecule has 5 rings (SSSR count). The van der Waals surface area contributed by atoms with Crippen molar-refractivity contribution in [1.29, 1.82) is 0 Å². The van der Waals surface area contributed by atoms with Crippen LogP contribution in [0.5, 0.6) is 0 Å². The molecule has 1 fully saturated rings. The Morgan fingerprint density at radius 2 is 1.68 bits per heavy atom. The number of aliphatic carboxylic acids is 1. The van der Waals surface area contributed by atoms with E-state index in [-0.39, 0.29) is 5.78 Å². The highest BCUT2D eigenvalue weighted by molar-refractivity contribution is 6.05. The van der Waals surface area contributed by atoms with Crippen molar-refractivity contribution in [3.05, 3.63) is 77.9 Å². The number of carboxylic acids is 1. The van der Waals surface area contributed by atoms with Crippen molar-refractivity contribution in [2.75, 3.05) is 5.32 Å². The number of aromatic amines is 1. The van der Waals surface area contributed by atoms with Crippen LogP contribution in [0.3, 0.4) is 0 Å². The summed E-state index contributed by atoms with van der Waals surface area (Å²) in [6.45, 7) is 0. The number of carboxylic acid groups (broad SMARTS) is 1. The SMILES string of the molecule is O=C(O)[C@@H]1CCC[C@H]1C(=O)c1ccccc1-c1ccc(Nc2nc3cc(F)c(F)cc3[nH]2)cc1. The molecule has 0 saturated heterocycles. The quantitative estimate of drug-likeness (QED) is 0.309. The maximum Gasteiger partial charge on any atom is 0.307 e. The van der Waals surface area contributed by atoms with E-state index in [9.17, 15) is 23.5 Å². The summed E-state index contributed by atoms with van der Waals surface area (Å²) in [5, 5.41) is 12.6. The van der Waals surface area contributed by atoms with Gasteiger partial charge >= 0.3 is 5.97 Å². The van der Waals surface area contributed by atoms with Gasteiger partial charge in [0.25, 0.3) is 0 Å². The number of nitrogens with zero attached hydrogens (tertiary/aromatic N) is 1. The fourth-order valence-corrected chi connectivity index (χ4v) is 4.65. The number of aromatic nitrogens is 2.